The van der Waals surface area contributed by atoms with Crippen LogP contribution in [0.5, 0.6) is 0 Å². The van der Waals surface area contributed by atoms with Gasteiger partial charge in [-0.05, 0) is 34.2 Å². The minimum atomic E-state index is -1.45. The number of hydrogen-bond donors (Lipinski definition) is 3. The van der Waals surface area contributed by atoms with Gasteiger partial charge < -0.3 is 25.2 Å². The molecule has 9 heteroatoms. The average molecular weight is 570 g/mol. The second-order valence-electron chi connectivity index (χ2n) is 11.4. The minimum absolute atomic E-state index is 0.113. The number of hydrogen-bond acceptors (Lipinski definition) is 6. The lowest BCUT2D eigenvalue weighted by atomic mass is 9.87. The Hall–Kier alpha value is -4.21. The van der Waals surface area contributed by atoms with Gasteiger partial charge in [0, 0.05) is 51.6 Å². The Morgan fingerprint density at radius 1 is 0.833 bits per heavy atom. The summed E-state index contributed by atoms with van der Waals surface area (Å²) in [7, 11) is 0. The highest BCUT2D eigenvalue weighted by atomic mass is 16.5. The van der Waals surface area contributed by atoms with E-state index in [-0.39, 0.29) is 45.1 Å². The molecule has 3 N–H and O–H groups in total. The molecule has 9 nitrogen and oxygen atoms in total. The van der Waals surface area contributed by atoms with Crippen LogP contribution >= 0.6 is 0 Å². The lowest BCUT2D eigenvalue weighted by Crippen LogP contribution is -2.67. The summed E-state index contributed by atoms with van der Waals surface area (Å²) in [6.45, 7) is 1.96. The molecule has 2 aliphatic heterocycles. The van der Waals surface area contributed by atoms with Crippen LogP contribution in [0.2, 0.25) is 0 Å². The SMILES string of the molecule is O=C(NC1(C(=O)NC2(C(=O)O)CCOCC2)CCN(Cc2ccccc2)C1)OCC1c2ccccc2-c2ccccc21. The number of amides is 2. The van der Waals surface area contributed by atoms with Gasteiger partial charge in [0.15, 0.2) is 0 Å². The van der Waals surface area contributed by atoms with Gasteiger partial charge in [-0.2, -0.15) is 0 Å². The van der Waals surface area contributed by atoms with Gasteiger partial charge in [0.1, 0.15) is 17.7 Å². The number of aliphatic carboxylic acids is 1. The van der Waals surface area contributed by atoms with Crippen molar-refractivity contribution >= 4 is 18.0 Å². The molecule has 0 spiro atoms. The smallest absolute Gasteiger partial charge is 0.408 e. The number of carbonyl (C=O) groups is 3. The molecule has 0 radical (unpaired) electrons. The fourth-order valence-corrected chi connectivity index (χ4v) is 6.49. The lowest BCUT2D eigenvalue weighted by Gasteiger charge is -2.38. The molecule has 1 atom stereocenters. The molecule has 1 unspecified atom stereocenters. The number of rotatable bonds is 8. The number of benzene rings is 3. The van der Waals surface area contributed by atoms with Gasteiger partial charge in [-0.3, -0.25) is 9.69 Å². The molecule has 0 aromatic heterocycles. The Kier molecular flexibility index (Phi) is 7.70. The summed E-state index contributed by atoms with van der Waals surface area (Å²) >= 11 is 0. The van der Waals surface area contributed by atoms with Gasteiger partial charge in [-0.25, -0.2) is 9.59 Å². The van der Waals surface area contributed by atoms with Crippen molar-refractivity contribution in [1.82, 2.24) is 15.5 Å². The highest BCUT2D eigenvalue weighted by Gasteiger charge is 2.51. The fraction of sp³-hybridized carbons (Fsp3) is 0.364. The molecular formula is C33H35N3O6. The Morgan fingerprint density at radius 3 is 2.10 bits per heavy atom. The van der Waals surface area contributed by atoms with E-state index in [1.165, 1.54) is 0 Å². The molecule has 42 heavy (non-hydrogen) atoms. The zero-order valence-corrected chi connectivity index (χ0v) is 23.4. The number of carboxylic acid groups (broad SMARTS) is 1. The normalized spacial score (nSPS) is 21.2. The summed E-state index contributed by atoms with van der Waals surface area (Å²) in [4.78, 5) is 41.8. The van der Waals surface area contributed by atoms with Gasteiger partial charge in [-0.1, -0.05) is 78.9 Å². The number of likely N-dealkylation sites (tertiary alicyclic amines) is 1. The van der Waals surface area contributed by atoms with Crippen molar-refractivity contribution in [3.8, 4) is 11.1 Å². The Bertz CT molecular complexity index is 1430. The summed E-state index contributed by atoms with van der Waals surface area (Å²) in [5, 5.41) is 15.8. The predicted octanol–water partition coefficient (Wildman–Crippen LogP) is 3.92. The van der Waals surface area contributed by atoms with Crippen molar-refractivity contribution < 1.29 is 29.0 Å². The minimum Gasteiger partial charge on any atom is -0.480 e. The standard InChI is InChI=1S/C33H35N3O6/c37-29(34-32(30(38)39)15-18-41-19-16-32)33(14-17-36(22-33)20-23-8-2-1-3-9-23)35-31(40)42-21-28-26-12-6-4-10-24(26)25-11-5-7-13-27(25)28/h1-13,28H,14-22H2,(H,34,37)(H,35,40)(H,38,39). The summed E-state index contributed by atoms with van der Waals surface area (Å²) < 4.78 is 11.2. The summed E-state index contributed by atoms with van der Waals surface area (Å²) in [6, 6.07) is 26.1. The number of ether oxygens (including phenoxy) is 2. The third kappa shape index (κ3) is 5.37. The highest BCUT2D eigenvalue weighted by molar-refractivity contribution is 5.95. The van der Waals surface area contributed by atoms with Gasteiger partial charge >= 0.3 is 12.1 Å². The van der Waals surface area contributed by atoms with Crippen LogP contribution in [-0.2, 0) is 25.6 Å². The first kappa shape index (κ1) is 27.9. The maximum atomic E-state index is 14.0. The van der Waals surface area contributed by atoms with E-state index in [9.17, 15) is 19.5 Å². The zero-order valence-electron chi connectivity index (χ0n) is 23.4. The number of alkyl carbamates (subject to hydrolysis) is 1. The van der Waals surface area contributed by atoms with Gasteiger partial charge in [0.25, 0.3) is 0 Å². The quantitative estimate of drug-likeness (QED) is 0.377. The molecule has 2 fully saturated rings. The van der Waals surface area contributed by atoms with E-state index in [1.54, 1.807) is 0 Å². The molecule has 218 valence electrons. The van der Waals surface area contributed by atoms with Crippen LogP contribution < -0.4 is 10.6 Å². The van der Waals surface area contributed by atoms with E-state index in [1.807, 2.05) is 66.7 Å². The Balaban J connectivity index is 1.20. The number of carboxylic acids is 1. The number of fused-ring (bicyclic) bond motifs is 3. The van der Waals surface area contributed by atoms with Crippen LogP contribution in [0, 0.1) is 0 Å². The maximum Gasteiger partial charge on any atom is 0.408 e. The molecule has 0 saturated carbocycles. The molecule has 0 bridgehead atoms. The van der Waals surface area contributed by atoms with Crippen LogP contribution in [0.3, 0.4) is 0 Å². The third-order valence-corrected chi connectivity index (χ3v) is 8.83. The second kappa shape index (κ2) is 11.6. The monoisotopic (exact) mass is 569 g/mol. The summed E-state index contributed by atoms with van der Waals surface area (Å²) in [5.41, 5.74) is 2.73. The third-order valence-electron chi connectivity index (χ3n) is 8.83. The van der Waals surface area contributed by atoms with Crippen LogP contribution in [0.4, 0.5) is 4.79 Å². The van der Waals surface area contributed by atoms with E-state index in [2.05, 4.69) is 27.7 Å². The first-order chi connectivity index (χ1) is 20.4. The van der Waals surface area contributed by atoms with Crippen LogP contribution in [0.25, 0.3) is 11.1 Å². The predicted molar refractivity (Wildman–Crippen MR) is 156 cm³/mol. The highest BCUT2D eigenvalue weighted by Crippen LogP contribution is 2.44. The largest absolute Gasteiger partial charge is 0.480 e. The van der Waals surface area contributed by atoms with Crippen molar-refractivity contribution in [1.29, 1.82) is 0 Å². The van der Waals surface area contributed by atoms with Crippen molar-refractivity contribution in [2.45, 2.75) is 42.8 Å². The number of carbonyl (C=O) groups excluding carboxylic acids is 2. The van der Waals surface area contributed by atoms with Crippen LogP contribution in [-0.4, -0.2) is 72.0 Å². The lowest BCUT2D eigenvalue weighted by molar-refractivity contribution is -0.153. The maximum absolute atomic E-state index is 14.0. The van der Waals surface area contributed by atoms with Gasteiger partial charge in [0.05, 0.1) is 0 Å². The number of nitrogens with one attached hydrogen (secondary N) is 2. The van der Waals surface area contributed by atoms with E-state index < -0.39 is 29.0 Å². The van der Waals surface area contributed by atoms with Gasteiger partial charge in [0.2, 0.25) is 5.91 Å². The molecule has 3 aromatic carbocycles. The summed E-state index contributed by atoms with van der Waals surface area (Å²) in [5.74, 6) is -1.74. The zero-order chi connectivity index (χ0) is 29.2. The Morgan fingerprint density at radius 2 is 1.45 bits per heavy atom. The molecule has 2 amide bonds. The molecule has 3 aliphatic rings. The first-order valence-electron chi connectivity index (χ1n) is 14.4. The Labute approximate surface area is 244 Å². The van der Waals surface area contributed by atoms with Crippen molar-refractivity contribution in [2.75, 3.05) is 32.9 Å². The topological polar surface area (TPSA) is 117 Å². The van der Waals surface area contributed by atoms with Crippen LogP contribution in [0.15, 0.2) is 78.9 Å². The molecule has 3 aromatic rings. The molecule has 1 aliphatic carbocycles. The van der Waals surface area contributed by atoms with E-state index in [4.69, 9.17) is 9.47 Å². The molecule has 2 saturated heterocycles. The average Bonchev–Trinajstić information content (AvgIpc) is 3.56. The van der Waals surface area contributed by atoms with Crippen LogP contribution in [0.1, 0.15) is 41.9 Å². The van der Waals surface area contributed by atoms with Crippen molar-refractivity contribution in [2.24, 2.45) is 0 Å². The number of nitrogens with zero attached hydrogens (tertiary/aromatic N) is 1. The first-order valence-corrected chi connectivity index (χ1v) is 14.4. The van der Waals surface area contributed by atoms with E-state index in [0.29, 0.717) is 19.5 Å². The van der Waals surface area contributed by atoms with Crippen molar-refractivity contribution in [3.63, 3.8) is 0 Å². The van der Waals surface area contributed by atoms with E-state index >= 15 is 0 Å². The molecule has 6 rings (SSSR count). The van der Waals surface area contributed by atoms with Gasteiger partial charge in [-0.15, -0.1) is 0 Å². The van der Waals surface area contributed by atoms with Crippen molar-refractivity contribution in [3.05, 3.63) is 95.6 Å². The molecular weight excluding hydrogens is 534 g/mol. The fourth-order valence-electron chi connectivity index (χ4n) is 6.49. The van der Waals surface area contributed by atoms with E-state index in [0.717, 1.165) is 27.8 Å². The molecule has 2 heterocycles. The summed E-state index contributed by atoms with van der Waals surface area (Å²) in [6.07, 6.45) is -0.0711. The second-order valence-corrected chi connectivity index (χ2v) is 11.4.